The zero-order valence-corrected chi connectivity index (χ0v) is 11.5. The number of amides is 1. The molecule has 0 aliphatic carbocycles. The maximum absolute atomic E-state index is 11.6. The molecule has 0 spiro atoms. The van der Waals surface area contributed by atoms with Crippen LogP contribution >= 0.6 is 0 Å². The van der Waals surface area contributed by atoms with Gasteiger partial charge in [0, 0.05) is 0 Å². The van der Waals surface area contributed by atoms with Gasteiger partial charge in [-0.3, -0.25) is 4.79 Å². The number of hydrogen-bond acceptors (Lipinski definition) is 5. The van der Waals surface area contributed by atoms with E-state index in [1.54, 1.807) is 13.8 Å². The third kappa shape index (κ3) is 2.95. The summed E-state index contributed by atoms with van der Waals surface area (Å²) in [7, 11) is 0. The number of primary amides is 1. The number of rotatable bonds is 5. The second kappa shape index (κ2) is 5.06. The molecule has 0 atom stereocenters. The molecule has 0 fully saturated rings. The molecule has 0 unspecified atom stereocenters. The first kappa shape index (κ1) is 14.8. The molecule has 0 aliphatic rings. The Morgan fingerprint density at radius 2 is 2.10 bits per heavy atom. The normalized spacial score (nSPS) is 11.6. The number of hydrogen-bond donors (Lipinski definition) is 3. The van der Waals surface area contributed by atoms with Crippen LogP contribution in [0.2, 0.25) is 0 Å². The number of ether oxygens (including phenoxy) is 1. The van der Waals surface area contributed by atoms with Gasteiger partial charge in [-0.25, -0.2) is 9.31 Å². The quantitative estimate of drug-likeness (QED) is 0.726. The van der Waals surface area contributed by atoms with Gasteiger partial charge >= 0.3 is 5.97 Å². The number of fused-ring (bicyclic) bond motifs is 1. The topological polar surface area (TPSA) is 127 Å². The summed E-state index contributed by atoms with van der Waals surface area (Å²) in [5.41, 5.74) is 4.32. The molecular formula is C13H15N3O5. The SMILES string of the molecule is CC(C)(O)COc1ccc2c(C(=O)O)cnn2c1C(N)=O. The van der Waals surface area contributed by atoms with E-state index in [2.05, 4.69) is 5.10 Å². The van der Waals surface area contributed by atoms with Crippen molar-refractivity contribution in [2.75, 3.05) is 6.61 Å². The molecule has 2 aromatic rings. The number of carboxylic acid groups (broad SMARTS) is 1. The van der Waals surface area contributed by atoms with Crippen molar-refractivity contribution in [3.05, 3.63) is 29.6 Å². The number of carbonyl (C=O) groups is 2. The summed E-state index contributed by atoms with van der Waals surface area (Å²) in [4.78, 5) is 22.7. The predicted molar refractivity (Wildman–Crippen MR) is 72.5 cm³/mol. The van der Waals surface area contributed by atoms with Gasteiger partial charge in [0.1, 0.15) is 12.2 Å². The number of aromatic nitrogens is 2. The number of pyridine rings is 1. The summed E-state index contributed by atoms with van der Waals surface area (Å²) in [6, 6.07) is 2.89. The van der Waals surface area contributed by atoms with Gasteiger partial charge in [0.05, 0.1) is 17.3 Å². The molecule has 8 nitrogen and oxygen atoms in total. The maximum Gasteiger partial charge on any atom is 0.339 e. The minimum absolute atomic E-state index is 0.0495. The van der Waals surface area contributed by atoms with Gasteiger partial charge in [0.2, 0.25) is 0 Å². The molecule has 2 heterocycles. The van der Waals surface area contributed by atoms with E-state index < -0.39 is 17.5 Å². The lowest BCUT2D eigenvalue weighted by Crippen LogP contribution is -2.29. The van der Waals surface area contributed by atoms with Gasteiger partial charge < -0.3 is 20.7 Å². The van der Waals surface area contributed by atoms with Crippen LogP contribution in [0, 0.1) is 0 Å². The molecule has 0 saturated heterocycles. The summed E-state index contributed by atoms with van der Waals surface area (Å²) in [5.74, 6) is -1.85. The summed E-state index contributed by atoms with van der Waals surface area (Å²) in [6.45, 7) is 3.03. The highest BCUT2D eigenvalue weighted by atomic mass is 16.5. The number of nitrogens with two attached hydrogens (primary N) is 1. The van der Waals surface area contributed by atoms with Gasteiger partial charge in [0.25, 0.3) is 5.91 Å². The van der Waals surface area contributed by atoms with E-state index in [-0.39, 0.29) is 29.1 Å². The van der Waals surface area contributed by atoms with Crippen molar-refractivity contribution in [2.24, 2.45) is 5.73 Å². The Morgan fingerprint density at radius 3 is 2.62 bits per heavy atom. The summed E-state index contributed by atoms with van der Waals surface area (Å²) >= 11 is 0. The van der Waals surface area contributed by atoms with Crippen LogP contribution in [0.5, 0.6) is 5.75 Å². The largest absolute Gasteiger partial charge is 0.488 e. The highest BCUT2D eigenvalue weighted by molar-refractivity contribution is 5.99. The standard InChI is InChI=1S/C13H15N3O5/c1-13(2,20)6-21-9-4-3-8-7(12(18)19)5-15-16(8)10(9)11(14)17/h3-5,20H,6H2,1-2H3,(H2,14,17)(H,18,19). The smallest absolute Gasteiger partial charge is 0.339 e. The molecule has 0 aliphatic heterocycles. The highest BCUT2D eigenvalue weighted by Gasteiger charge is 2.21. The van der Waals surface area contributed by atoms with Crippen molar-refractivity contribution >= 4 is 17.4 Å². The van der Waals surface area contributed by atoms with Crippen LogP contribution in [0.4, 0.5) is 0 Å². The van der Waals surface area contributed by atoms with E-state index >= 15 is 0 Å². The Balaban J connectivity index is 2.55. The molecular weight excluding hydrogens is 278 g/mol. The van der Waals surface area contributed by atoms with Crippen LogP contribution < -0.4 is 10.5 Å². The average Bonchev–Trinajstić information content (AvgIpc) is 2.77. The van der Waals surface area contributed by atoms with Crippen molar-refractivity contribution < 1.29 is 24.5 Å². The van der Waals surface area contributed by atoms with Crippen molar-refractivity contribution in [2.45, 2.75) is 19.4 Å². The molecule has 8 heteroatoms. The Kier molecular flexibility index (Phi) is 3.56. The number of carboxylic acids is 1. The fraction of sp³-hybridized carbons (Fsp3) is 0.308. The van der Waals surface area contributed by atoms with E-state index in [1.807, 2.05) is 0 Å². The fourth-order valence-electron chi connectivity index (χ4n) is 1.80. The minimum atomic E-state index is -1.16. The molecule has 4 N–H and O–H groups in total. The number of carbonyl (C=O) groups excluding carboxylic acids is 1. The summed E-state index contributed by atoms with van der Waals surface area (Å²) in [6.07, 6.45) is 1.13. The van der Waals surface area contributed by atoms with Crippen LogP contribution in [0.25, 0.3) is 5.52 Å². The van der Waals surface area contributed by atoms with Crippen LogP contribution in [-0.4, -0.2) is 43.9 Å². The van der Waals surface area contributed by atoms with Gasteiger partial charge in [-0.05, 0) is 26.0 Å². The molecule has 21 heavy (non-hydrogen) atoms. The van der Waals surface area contributed by atoms with Crippen molar-refractivity contribution in [1.29, 1.82) is 0 Å². The van der Waals surface area contributed by atoms with E-state index in [0.717, 1.165) is 10.7 Å². The Hall–Kier alpha value is -2.61. The van der Waals surface area contributed by atoms with Gasteiger partial charge in [-0.2, -0.15) is 5.10 Å². The molecule has 112 valence electrons. The van der Waals surface area contributed by atoms with E-state index in [0.29, 0.717) is 0 Å². The van der Waals surface area contributed by atoms with Crippen molar-refractivity contribution in [3.8, 4) is 5.75 Å². The first-order valence-electron chi connectivity index (χ1n) is 6.10. The zero-order chi connectivity index (χ0) is 15.8. The van der Waals surface area contributed by atoms with E-state index in [9.17, 15) is 14.7 Å². The highest BCUT2D eigenvalue weighted by Crippen LogP contribution is 2.23. The molecule has 0 radical (unpaired) electrons. The predicted octanol–water partition coefficient (Wildman–Crippen LogP) is 0.281. The lowest BCUT2D eigenvalue weighted by molar-refractivity contribution is 0.0278. The van der Waals surface area contributed by atoms with Gasteiger partial charge in [-0.1, -0.05) is 0 Å². The van der Waals surface area contributed by atoms with Gasteiger partial charge in [-0.15, -0.1) is 0 Å². The zero-order valence-electron chi connectivity index (χ0n) is 11.5. The lowest BCUT2D eigenvalue weighted by Gasteiger charge is -2.19. The minimum Gasteiger partial charge on any atom is -0.488 e. The molecule has 1 amide bonds. The van der Waals surface area contributed by atoms with Crippen LogP contribution in [0.15, 0.2) is 18.3 Å². The average molecular weight is 293 g/mol. The summed E-state index contributed by atoms with van der Waals surface area (Å²) < 4.78 is 6.50. The third-order valence-electron chi connectivity index (χ3n) is 2.69. The summed E-state index contributed by atoms with van der Waals surface area (Å²) in [5, 5.41) is 22.6. The lowest BCUT2D eigenvalue weighted by atomic mass is 10.1. The monoisotopic (exact) mass is 293 g/mol. The first-order chi connectivity index (χ1) is 9.70. The number of aromatic carboxylic acids is 1. The second-order valence-corrected chi connectivity index (χ2v) is 5.17. The molecule has 2 rings (SSSR count). The Morgan fingerprint density at radius 1 is 1.43 bits per heavy atom. The van der Waals surface area contributed by atoms with Crippen molar-refractivity contribution in [3.63, 3.8) is 0 Å². The van der Waals surface area contributed by atoms with E-state index in [4.69, 9.17) is 15.6 Å². The van der Waals surface area contributed by atoms with Crippen LogP contribution in [0.1, 0.15) is 34.7 Å². The number of nitrogens with zero attached hydrogens (tertiary/aromatic N) is 2. The Labute approximate surface area is 119 Å². The maximum atomic E-state index is 11.6. The molecule has 0 aromatic carbocycles. The van der Waals surface area contributed by atoms with Crippen molar-refractivity contribution in [1.82, 2.24) is 9.61 Å². The van der Waals surface area contributed by atoms with Gasteiger partial charge in [0.15, 0.2) is 11.4 Å². The number of aliphatic hydroxyl groups is 1. The van der Waals surface area contributed by atoms with Crippen LogP contribution in [0.3, 0.4) is 0 Å². The Bertz CT molecular complexity index is 714. The van der Waals surface area contributed by atoms with E-state index in [1.165, 1.54) is 12.1 Å². The second-order valence-electron chi connectivity index (χ2n) is 5.17. The fourth-order valence-corrected chi connectivity index (χ4v) is 1.80. The third-order valence-corrected chi connectivity index (χ3v) is 2.69. The molecule has 0 saturated carbocycles. The van der Waals surface area contributed by atoms with Crippen LogP contribution in [-0.2, 0) is 0 Å². The molecule has 0 bridgehead atoms. The first-order valence-corrected chi connectivity index (χ1v) is 6.10. The molecule has 2 aromatic heterocycles.